The summed E-state index contributed by atoms with van der Waals surface area (Å²) in [6.45, 7) is 3.19. The molecule has 0 spiro atoms. The lowest BCUT2D eigenvalue weighted by atomic mass is 10.0. The molecule has 1 aliphatic rings. The van der Waals surface area contributed by atoms with Gasteiger partial charge in [-0.2, -0.15) is 0 Å². The number of carbonyl (C=O) groups is 1. The maximum absolute atomic E-state index is 12.0. The van der Waals surface area contributed by atoms with Crippen LogP contribution in [0.25, 0.3) is 0 Å². The Bertz CT molecular complexity index is 479. The summed E-state index contributed by atoms with van der Waals surface area (Å²) in [4.78, 5) is 12.0. The smallest absolute Gasteiger partial charge is 0.220 e. The van der Waals surface area contributed by atoms with Crippen LogP contribution >= 0.6 is 12.4 Å². The van der Waals surface area contributed by atoms with Crippen molar-refractivity contribution in [1.29, 1.82) is 0 Å². The van der Waals surface area contributed by atoms with Crippen molar-refractivity contribution in [2.75, 3.05) is 13.7 Å². The minimum atomic E-state index is 0. The minimum absolute atomic E-state index is 0. The van der Waals surface area contributed by atoms with Gasteiger partial charge >= 0.3 is 0 Å². The predicted molar refractivity (Wildman–Crippen MR) is 101 cm³/mol. The summed E-state index contributed by atoms with van der Waals surface area (Å²) < 4.78 is 5.16. The van der Waals surface area contributed by atoms with Crippen LogP contribution in [-0.2, 0) is 11.2 Å². The molecule has 1 amide bonds. The van der Waals surface area contributed by atoms with Crippen molar-refractivity contribution in [3.05, 3.63) is 29.8 Å². The molecule has 0 radical (unpaired) electrons. The van der Waals surface area contributed by atoms with Gasteiger partial charge < -0.3 is 15.4 Å². The topological polar surface area (TPSA) is 50.4 Å². The summed E-state index contributed by atoms with van der Waals surface area (Å²) in [5, 5.41) is 6.59. The number of carbonyl (C=O) groups excluding carboxylic acids is 1. The largest absolute Gasteiger partial charge is 0.497 e. The van der Waals surface area contributed by atoms with Crippen LogP contribution in [0.5, 0.6) is 5.75 Å². The highest BCUT2D eigenvalue weighted by Gasteiger charge is 2.19. The second kappa shape index (κ2) is 11.3. The molecule has 2 rings (SSSR count). The summed E-state index contributed by atoms with van der Waals surface area (Å²) in [6, 6.07) is 9.11. The van der Waals surface area contributed by atoms with Crippen LogP contribution in [-0.4, -0.2) is 31.6 Å². The average molecular weight is 355 g/mol. The SMILES string of the molecule is COc1ccc(CCCCCC(=O)NC2CCNC(C)C2)cc1.Cl. The molecule has 1 aromatic rings. The lowest BCUT2D eigenvalue weighted by molar-refractivity contribution is -0.122. The maximum Gasteiger partial charge on any atom is 0.220 e. The molecule has 1 saturated heterocycles. The monoisotopic (exact) mass is 354 g/mol. The summed E-state index contributed by atoms with van der Waals surface area (Å²) in [5.74, 6) is 1.12. The Hall–Kier alpha value is -1.26. The Morgan fingerprint density at radius 2 is 2.00 bits per heavy atom. The lowest BCUT2D eigenvalue weighted by Gasteiger charge is -2.28. The van der Waals surface area contributed by atoms with E-state index in [9.17, 15) is 4.79 Å². The van der Waals surface area contributed by atoms with Crippen molar-refractivity contribution >= 4 is 18.3 Å². The fourth-order valence-corrected chi connectivity index (χ4v) is 3.15. The quantitative estimate of drug-likeness (QED) is 0.703. The molecule has 24 heavy (non-hydrogen) atoms. The molecule has 1 aliphatic heterocycles. The van der Waals surface area contributed by atoms with Gasteiger partial charge in [-0.1, -0.05) is 18.6 Å². The molecule has 2 atom stereocenters. The van der Waals surface area contributed by atoms with E-state index in [1.807, 2.05) is 12.1 Å². The standard InChI is InChI=1S/C19H30N2O2.ClH/c1-15-14-17(12-13-20-15)21-19(22)7-5-3-4-6-16-8-10-18(23-2)11-9-16;/h8-11,15,17,20H,3-7,12-14H2,1-2H3,(H,21,22);1H. The van der Waals surface area contributed by atoms with Gasteiger partial charge in [0.2, 0.25) is 5.91 Å². The van der Waals surface area contributed by atoms with Crippen molar-refractivity contribution in [2.24, 2.45) is 0 Å². The van der Waals surface area contributed by atoms with Gasteiger partial charge in [-0.25, -0.2) is 0 Å². The predicted octanol–water partition coefficient (Wildman–Crippen LogP) is 3.48. The molecule has 136 valence electrons. The molecule has 1 aromatic carbocycles. The Labute approximate surface area is 152 Å². The van der Waals surface area contributed by atoms with Gasteiger partial charge in [0.15, 0.2) is 0 Å². The second-order valence-corrected chi connectivity index (χ2v) is 6.55. The number of nitrogens with one attached hydrogen (secondary N) is 2. The number of benzene rings is 1. The van der Waals surface area contributed by atoms with E-state index in [1.165, 1.54) is 5.56 Å². The third-order valence-electron chi connectivity index (χ3n) is 4.52. The van der Waals surface area contributed by atoms with Gasteiger partial charge in [-0.15, -0.1) is 12.4 Å². The van der Waals surface area contributed by atoms with Crippen LogP contribution < -0.4 is 15.4 Å². The van der Waals surface area contributed by atoms with Crippen molar-refractivity contribution in [3.8, 4) is 5.75 Å². The Kier molecular flexibility index (Phi) is 9.80. The van der Waals surface area contributed by atoms with Crippen molar-refractivity contribution < 1.29 is 9.53 Å². The molecule has 0 aliphatic carbocycles. The fourth-order valence-electron chi connectivity index (χ4n) is 3.15. The Balaban J connectivity index is 0.00000288. The van der Waals surface area contributed by atoms with Gasteiger partial charge in [0.1, 0.15) is 5.75 Å². The minimum Gasteiger partial charge on any atom is -0.497 e. The van der Waals surface area contributed by atoms with E-state index >= 15 is 0 Å². The zero-order chi connectivity index (χ0) is 16.5. The van der Waals surface area contributed by atoms with Crippen LogP contribution in [0.1, 0.15) is 51.0 Å². The molecule has 2 N–H and O–H groups in total. The van der Waals surface area contributed by atoms with Crippen molar-refractivity contribution in [3.63, 3.8) is 0 Å². The van der Waals surface area contributed by atoms with E-state index < -0.39 is 0 Å². The average Bonchev–Trinajstić information content (AvgIpc) is 2.55. The first-order valence-corrected chi connectivity index (χ1v) is 8.83. The lowest BCUT2D eigenvalue weighted by Crippen LogP contribution is -2.46. The maximum atomic E-state index is 12.0. The highest BCUT2D eigenvalue weighted by atomic mass is 35.5. The van der Waals surface area contributed by atoms with Gasteiger partial charge in [0.05, 0.1) is 7.11 Å². The van der Waals surface area contributed by atoms with E-state index in [0.717, 1.165) is 50.8 Å². The third kappa shape index (κ3) is 7.54. The summed E-state index contributed by atoms with van der Waals surface area (Å²) >= 11 is 0. The number of hydrogen-bond acceptors (Lipinski definition) is 3. The Morgan fingerprint density at radius 1 is 1.25 bits per heavy atom. The highest BCUT2D eigenvalue weighted by molar-refractivity contribution is 5.85. The molecule has 2 unspecified atom stereocenters. The number of rotatable bonds is 8. The van der Waals surface area contributed by atoms with E-state index in [2.05, 4.69) is 29.7 Å². The summed E-state index contributed by atoms with van der Waals surface area (Å²) in [7, 11) is 1.69. The number of aryl methyl sites for hydroxylation is 1. The molecular weight excluding hydrogens is 324 g/mol. The third-order valence-corrected chi connectivity index (χ3v) is 4.52. The molecule has 4 nitrogen and oxygen atoms in total. The van der Waals surface area contributed by atoms with E-state index in [0.29, 0.717) is 18.5 Å². The molecule has 5 heteroatoms. The second-order valence-electron chi connectivity index (χ2n) is 6.55. The molecule has 0 saturated carbocycles. The highest BCUT2D eigenvalue weighted by Crippen LogP contribution is 2.14. The zero-order valence-electron chi connectivity index (χ0n) is 14.8. The van der Waals surface area contributed by atoms with Crippen LogP contribution in [0.15, 0.2) is 24.3 Å². The number of unbranched alkanes of at least 4 members (excludes halogenated alkanes) is 2. The first kappa shape index (κ1) is 20.8. The fraction of sp³-hybridized carbons (Fsp3) is 0.632. The number of methoxy groups -OCH3 is 1. The zero-order valence-corrected chi connectivity index (χ0v) is 15.7. The molecule has 1 heterocycles. The number of halogens is 1. The van der Waals surface area contributed by atoms with E-state index in [1.54, 1.807) is 7.11 Å². The number of hydrogen-bond donors (Lipinski definition) is 2. The van der Waals surface area contributed by atoms with Crippen LogP contribution in [0.4, 0.5) is 0 Å². The first-order chi connectivity index (χ1) is 11.2. The number of ether oxygens (including phenoxy) is 1. The first-order valence-electron chi connectivity index (χ1n) is 8.83. The van der Waals surface area contributed by atoms with Gasteiger partial charge in [-0.3, -0.25) is 4.79 Å². The molecule has 0 aromatic heterocycles. The van der Waals surface area contributed by atoms with Crippen LogP contribution in [0.2, 0.25) is 0 Å². The van der Waals surface area contributed by atoms with Crippen LogP contribution in [0.3, 0.4) is 0 Å². The number of amides is 1. The molecule has 0 bridgehead atoms. The van der Waals surface area contributed by atoms with Gasteiger partial charge in [-0.05, 0) is 63.3 Å². The normalized spacial score (nSPS) is 20.1. The molecular formula is C19H31ClN2O2. The molecule has 1 fully saturated rings. The van der Waals surface area contributed by atoms with Crippen LogP contribution in [0, 0.1) is 0 Å². The number of piperidine rings is 1. The van der Waals surface area contributed by atoms with Crippen molar-refractivity contribution in [2.45, 2.75) is 64.0 Å². The summed E-state index contributed by atoms with van der Waals surface area (Å²) in [6.07, 6.45) is 7.02. The summed E-state index contributed by atoms with van der Waals surface area (Å²) in [5.41, 5.74) is 1.33. The van der Waals surface area contributed by atoms with E-state index in [-0.39, 0.29) is 18.3 Å². The Morgan fingerprint density at radius 3 is 2.67 bits per heavy atom. The van der Waals surface area contributed by atoms with Gasteiger partial charge in [0, 0.05) is 18.5 Å². The van der Waals surface area contributed by atoms with Crippen molar-refractivity contribution in [1.82, 2.24) is 10.6 Å². The van der Waals surface area contributed by atoms with Gasteiger partial charge in [0.25, 0.3) is 0 Å². The van der Waals surface area contributed by atoms with E-state index in [4.69, 9.17) is 4.74 Å².